The first-order valence-electron chi connectivity index (χ1n) is 16.5. The van der Waals surface area contributed by atoms with Gasteiger partial charge in [-0.1, -0.05) is 0 Å². The summed E-state index contributed by atoms with van der Waals surface area (Å²) in [4.78, 5) is 41.9. The molecule has 4 unspecified atom stereocenters. The second-order valence-corrected chi connectivity index (χ2v) is 12.9. The topological polar surface area (TPSA) is 178 Å². The molecule has 16 nitrogen and oxygen atoms in total. The zero-order valence-electron chi connectivity index (χ0n) is 27.2. The van der Waals surface area contributed by atoms with Crippen LogP contribution in [-0.2, 0) is 18.9 Å². The number of aromatic amines is 2. The maximum Gasteiger partial charge on any atom is 0.276 e. The molecule has 3 N–H and O–H groups in total. The SMILES string of the molecule is COC1CN(C)CC1c1nn2c(C3CCOCC3)ncc2c(=O)[nH]1.COC1CNCC1c1nn2c(C3CCOCC3)ncc2c(=O)[nH]1. The Balaban J connectivity index is 0.000000150. The van der Waals surface area contributed by atoms with E-state index < -0.39 is 0 Å². The second-order valence-electron chi connectivity index (χ2n) is 12.9. The van der Waals surface area contributed by atoms with Crippen molar-refractivity contribution < 1.29 is 18.9 Å². The molecule has 47 heavy (non-hydrogen) atoms. The number of rotatable bonds is 6. The van der Waals surface area contributed by atoms with Crippen LogP contribution in [0.4, 0.5) is 0 Å². The third kappa shape index (κ3) is 6.37. The molecule has 4 atom stereocenters. The lowest BCUT2D eigenvalue weighted by atomic mass is 10.00. The first-order valence-corrected chi connectivity index (χ1v) is 16.5. The molecule has 0 saturated carbocycles. The van der Waals surface area contributed by atoms with Crippen molar-refractivity contribution in [2.45, 2.75) is 61.6 Å². The van der Waals surface area contributed by atoms with E-state index in [-0.39, 0.29) is 47.0 Å². The van der Waals surface area contributed by atoms with E-state index in [2.05, 4.69) is 35.3 Å². The average molecular weight is 653 g/mol. The van der Waals surface area contributed by atoms with Crippen LogP contribution in [0.5, 0.6) is 0 Å². The van der Waals surface area contributed by atoms with Gasteiger partial charge in [-0.2, -0.15) is 10.2 Å². The molecular weight excluding hydrogens is 608 g/mol. The highest BCUT2D eigenvalue weighted by molar-refractivity contribution is 5.43. The number of fused-ring (bicyclic) bond motifs is 2. The fourth-order valence-corrected chi connectivity index (χ4v) is 7.31. The second kappa shape index (κ2) is 13.9. The third-order valence-corrected chi connectivity index (χ3v) is 9.98. The van der Waals surface area contributed by atoms with Gasteiger partial charge < -0.3 is 39.1 Å². The fourth-order valence-electron chi connectivity index (χ4n) is 7.31. The van der Waals surface area contributed by atoms with E-state index in [4.69, 9.17) is 24.0 Å². The van der Waals surface area contributed by atoms with Crippen LogP contribution in [0.2, 0.25) is 0 Å². The highest BCUT2D eigenvalue weighted by Gasteiger charge is 2.35. The predicted molar refractivity (Wildman–Crippen MR) is 170 cm³/mol. The summed E-state index contributed by atoms with van der Waals surface area (Å²) in [7, 11) is 5.44. The summed E-state index contributed by atoms with van der Waals surface area (Å²) >= 11 is 0. The Morgan fingerprint density at radius 2 is 1.23 bits per heavy atom. The number of nitrogens with one attached hydrogen (secondary N) is 3. The summed E-state index contributed by atoms with van der Waals surface area (Å²) in [5.41, 5.74) is 0.702. The molecular formula is C31H44N10O6. The van der Waals surface area contributed by atoms with Crippen LogP contribution in [0.25, 0.3) is 11.0 Å². The van der Waals surface area contributed by atoms with Crippen molar-refractivity contribution in [2.24, 2.45) is 0 Å². The summed E-state index contributed by atoms with van der Waals surface area (Å²) in [6.07, 6.45) is 6.93. The Kier molecular flexibility index (Phi) is 9.47. The number of nitrogens with zero attached hydrogens (tertiary/aromatic N) is 7. The summed E-state index contributed by atoms with van der Waals surface area (Å²) in [6, 6.07) is 0. The molecule has 254 valence electrons. The van der Waals surface area contributed by atoms with E-state index in [1.807, 2.05) is 7.05 Å². The first kappa shape index (κ1) is 32.0. The largest absolute Gasteiger partial charge is 0.381 e. The van der Waals surface area contributed by atoms with Gasteiger partial charge in [0.1, 0.15) is 23.3 Å². The molecule has 4 saturated heterocycles. The minimum Gasteiger partial charge on any atom is -0.381 e. The summed E-state index contributed by atoms with van der Waals surface area (Å²) in [6.45, 7) is 6.08. The van der Waals surface area contributed by atoms with Crippen molar-refractivity contribution in [3.63, 3.8) is 0 Å². The molecule has 0 aliphatic carbocycles. The minimum absolute atomic E-state index is 0.0191. The molecule has 0 radical (unpaired) electrons. The molecule has 4 aliphatic rings. The van der Waals surface area contributed by atoms with E-state index in [9.17, 15) is 9.59 Å². The Bertz CT molecular complexity index is 1790. The van der Waals surface area contributed by atoms with Crippen molar-refractivity contribution in [1.29, 1.82) is 0 Å². The van der Waals surface area contributed by atoms with Crippen LogP contribution in [0, 0.1) is 0 Å². The lowest BCUT2D eigenvalue weighted by molar-refractivity contribution is 0.0830. The molecule has 0 aromatic carbocycles. The Morgan fingerprint density at radius 3 is 1.74 bits per heavy atom. The quantitative estimate of drug-likeness (QED) is 0.261. The van der Waals surface area contributed by atoms with E-state index in [1.54, 1.807) is 35.6 Å². The normalized spacial score (nSPS) is 26.3. The van der Waals surface area contributed by atoms with E-state index >= 15 is 0 Å². The van der Waals surface area contributed by atoms with Gasteiger partial charge in [-0.15, -0.1) is 0 Å². The van der Waals surface area contributed by atoms with Crippen LogP contribution in [0.1, 0.15) is 72.7 Å². The van der Waals surface area contributed by atoms with Crippen LogP contribution in [0.15, 0.2) is 22.0 Å². The monoisotopic (exact) mass is 652 g/mol. The number of hydrogen-bond acceptors (Lipinski definition) is 12. The third-order valence-electron chi connectivity index (χ3n) is 9.98. The van der Waals surface area contributed by atoms with Crippen molar-refractivity contribution in [2.75, 3.05) is 73.9 Å². The van der Waals surface area contributed by atoms with Crippen molar-refractivity contribution >= 4 is 11.0 Å². The number of ether oxygens (including phenoxy) is 4. The Morgan fingerprint density at radius 1 is 0.723 bits per heavy atom. The van der Waals surface area contributed by atoms with Gasteiger partial charge in [0.05, 0.1) is 36.4 Å². The highest BCUT2D eigenvalue weighted by atomic mass is 16.5. The highest BCUT2D eigenvalue weighted by Crippen LogP contribution is 2.29. The van der Waals surface area contributed by atoms with Gasteiger partial charge in [-0.05, 0) is 32.7 Å². The van der Waals surface area contributed by atoms with Gasteiger partial charge in [-0.25, -0.2) is 19.0 Å². The van der Waals surface area contributed by atoms with Gasteiger partial charge in [0, 0.05) is 78.7 Å². The maximum atomic E-state index is 12.5. The first-order chi connectivity index (χ1) is 22.9. The van der Waals surface area contributed by atoms with Crippen molar-refractivity contribution in [3.05, 3.63) is 56.4 Å². The van der Waals surface area contributed by atoms with Gasteiger partial charge in [-0.3, -0.25) is 9.59 Å². The molecule has 0 spiro atoms. The van der Waals surface area contributed by atoms with Gasteiger partial charge in [0.15, 0.2) is 11.0 Å². The molecule has 0 bridgehead atoms. The van der Waals surface area contributed by atoms with Crippen LogP contribution in [0.3, 0.4) is 0 Å². The van der Waals surface area contributed by atoms with Crippen molar-refractivity contribution in [3.8, 4) is 0 Å². The molecule has 4 aliphatic heterocycles. The predicted octanol–water partition coefficient (Wildman–Crippen LogP) is 0.369. The zero-order chi connectivity index (χ0) is 32.5. The van der Waals surface area contributed by atoms with Gasteiger partial charge >= 0.3 is 0 Å². The summed E-state index contributed by atoms with van der Waals surface area (Å²) in [5, 5.41) is 12.7. The molecule has 4 aromatic rings. The van der Waals surface area contributed by atoms with Gasteiger partial charge in [0.2, 0.25) is 0 Å². The van der Waals surface area contributed by atoms with Crippen LogP contribution >= 0.6 is 0 Å². The van der Waals surface area contributed by atoms with Gasteiger partial charge in [0.25, 0.3) is 11.1 Å². The standard InChI is InChI=1S/C16H23N5O3.C15H21N5O3/c1-20-8-11(13(9-20)23-2)14-18-16(22)12-7-17-15(21(12)19-14)10-3-5-24-6-4-10;1-22-12-8-16-6-10(12)13-18-15(21)11-7-17-14(20(11)19-13)9-2-4-23-5-3-9/h7,10-11,13H,3-6,8-9H2,1-2H3,(H,18,19,22);7,9-10,12,16H,2-6,8H2,1H3,(H,18,19,21). The molecule has 4 aromatic heterocycles. The molecule has 8 heterocycles. The number of likely N-dealkylation sites (N-methyl/N-ethyl adjacent to an activating group) is 1. The number of imidazole rings is 2. The van der Waals surface area contributed by atoms with E-state index in [1.165, 1.54) is 0 Å². The maximum absolute atomic E-state index is 12.5. The summed E-state index contributed by atoms with van der Waals surface area (Å²) in [5.74, 6) is 3.72. The molecule has 16 heteroatoms. The molecule has 8 rings (SSSR count). The average Bonchev–Trinajstić information content (AvgIpc) is 3.91. The number of aromatic nitrogens is 8. The number of methoxy groups -OCH3 is 2. The molecule has 4 fully saturated rings. The lowest BCUT2D eigenvalue weighted by Crippen LogP contribution is -2.26. The summed E-state index contributed by atoms with van der Waals surface area (Å²) < 4.78 is 25.4. The van der Waals surface area contributed by atoms with E-state index in [0.717, 1.165) is 89.9 Å². The lowest BCUT2D eigenvalue weighted by Gasteiger charge is -2.21. The Hall–Kier alpha value is -3.54. The molecule has 0 amide bonds. The van der Waals surface area contributed by atoms with Crippen molar-refractivity contribution in [1.82, 2.24) is 49.4 Å². The van der Waals surface area contributed by atoms with Crippen LogP contribution in [-0.4, -0.2) is 130 Å². The number of likely N-dealkylation sites (tertiary alicyclic amines) is 1. The Labute approximate surface area is 271 Å². The number of H-pyrrole nitrogens is 2. The zero-order valence-corrected chi connectivity index (χ0v) is 27.2. The fraction of sp³-hybridized carbons (Fsp3) is 0.677. The number of hydrogen-bond donors (Lipinski definition) is 3. The van der Waals surface area contributed by atoms with Crippen LogP contribution < -0.4 is 16.4 Å². The van der Waals surface area contributed by atoms with E-state index in [0.29, 0.717) is 22.7 Å². The minimum atomic E-state index is -0.150. The smallest absolute Gasteiger partial charge is 0.276 e.